The third-order valence-electron chi connectivity index (χ3n) is 7.75. The molecule has 3 atom stereocenters. The number of imide groups is 1. The molecular weight excluding hydrogens is 611 g/mol. The monoisotopic (exact) mass is 641 g/mol. The molecule has 44 heavy (non-hydrogen) atoms. The highest BCUT2D eigenvalue weighted by atomic mass is 35.5. The van der Waals surface area contributed by atoms with Crippen molar-refractivity contribution < 1.29 is 27.9 Å². The predicted molar refractivity (Wildman–Crippen MR) is 164 cm³/mol. The number of ether oxygens (including phenoxy) is 1. The molecule has 0 N–H and O–H groups in total. The number of hydrogen-bond donors (Lipinski definition) is 0. The fourth-order valence-electron chi connectivity index (χ4n) is 5.90. The highest BCUT2D eigenvalue weighted by Crippen LogP contribution is 2.54. The molecule has 3 aromatic carbocycles. The molecule has 1 heterocycles. The van der Waals surface area contributed by atoms with Crippen molar-refractivity contribution in [2.24, 2.45) is 5.41 Å². The predicted octanol–water partition coefficient (Wildman–Crippen LogP) is 7.90. The summed E-state index contributed by atoms with van der Waals surface area (Å²) in [6.45, 7) is 7.20. The molecule has 4 rings (SSSR count). The fourth-order valence-corrected chi connectivity index (χ4v) is 6.24. The largest absolute Gasteiger partial charge is 0.462 e. The van der Waals surface area contributed by atoms with Crippen LogP contribution in [-0.4, -0.2) is 42.5 Å². The molecule has 3 aromatic rings. The smallest absolute Gasteiger partial charge is 0.338 e. The third-order valence-corrected chi connectivity index (χ3v) is 8.27. The van der Waals surface area contributed by atoms with Gasteiger partial charge in [0, 0.05) is 23.0 Å². The number of halogens is 4. The lowest BCUT2D eigenvalue weighted by Crippen LogP contribution is -2.51. The molecule has 1 saturated heterocycles. The van der Waals surface area contributed by atoms with E-state index in [1.165, 1.54) is 59.5 Å². The van der Waals surface area contributed by atoms with E-state index in [1.54, 1.807) is 6.92 Å². The van der Waals surface area contributed by atoms with Gasteiger partial charge < -0.3 is 9.64 Å². The molecule has 0 aliphatic carbocycles. The Morgan fingerprint density at radius 2 is 1.84 bits per heavy atom. The summed E-state index contributed by atoms with van der Waals surface area (Å²) >= 11 is 12.2. The second kappa shape index (κ2) is 12.9. The van der Waals surface area contributed by atoms with Gasteiger partial charge in [0.25, 0.3) is 0 Å². The highest BCUT2D eigenvalue weighted by molar-refractivity contribution is 6.31. The van der Waals surface area contributed by atoms with Gasteiger partial charge in [-0.1, -0.05) is 68.2 Å². The lowest BCUT2D eigenvalue weighted by Gasteiger charge is -2.40. The van der Waals surface area contributed by atoms with Crippen LogP contribution in [0.5, 0.6) is 0 Å². The Labute approximate surface area is 264 Å². The lowest BCUT2D eigenvalue weighted by molar-refractivity contribution is -0.107. The maximum atomic E-state index is 15.8. The first kappa shape index (κ1) is 32.9. The quantitative estimate of drug-likeness (QED) is 0.193. The van der Waals surface area contributed by atoms with E-state index in [0.29, 0.717) is 6.41 Å². The van der Waals surface area contributed by atoms with Crippen molar-refractivity contribution in [2.45, 2.75) is 51.5 Å². The Morgan fingerprint density at radius 3 is 2.45 bits per heavy atom. The van der Waals surface area contributed by atoms with Gasteiger partial charge in [-0.05, 0) is 60.7 Å². The summed E-state index contributed by atoms with van der Waals surface area (Å²) in [5, 5.41) is 10.9. The van der Waals surface area contributed by atoms with Crippen molar-refractivity contribution in [2.75, 3.05) is 18.1 Å². The highest BCUT2D eigenvalue weighted by Gasteiger charge is 2.60. The number of amides is 3. The van der Waals surface area contributed by atoms with Crippen LogP contribution >= 0.6 is 23.2 Å². The molecule has 1 aliphatic rings. The third kappa shape index (κ3) is 6.15. The molecule has 3 amide bonds. The van der Waals surface area contributed by atoms with Gasteiger partial charge in [-0.15, -0.1) is 0 Å². The number of nitrogens with zero attached hydrogens (tertiary/aromatic N) is 3. The van der Waals surface area contributed by atoms with Crippen LogP contribution in [0.15, 0.2) is 60.7 Å². The zero-order valence-corrected chi connectivity index (χ0v) is 26.1. The first-order valence-electron chi connectivity index (χ1n) is 13.9. The summed E-state index contributed by atoms with van der Waals surface area (Å²) in [5.41, 5.74) is -2.21. The minimum absolute atomic E-state index is 0.0181. The molecule has 0 bridgehead atoms. The van der Waals surface area contributed by atoms with E-state index in [4.69, 9.17) is 27.9 Å². The summed E-state index contributed by atoms with van der Waals surface area (Å²) in [5.74, 6) is -3.34. The van der Waals surface area contributed by atoms with Crippen LogP contribution in [0.1, 0.15) is 61.5 Å². The Morgan fingerprint density at radius 1 is 1.14 bits per heavy atom. The molecule has 0 aromatic heterocycles. The molecule has 11 heteroatoms. The molecule has 230 valence electrons. The standard InChI is InChI=1S/C33H31Cl2F2N3O4/c1-5-44-30(42)20-8-6-9-22(14-20)40(19-41)31(43)39-17-25(23-10-7-11-26(35)29(23)37)33(18-38,28(39)16-32(2,3)4)24-13-12-21(34)15-27(24)36/h6-15,19,25,28H,5,16-17H2,1-4H3. The fraction of sp³-hybridized carbons (Fsp3) is 0.333. The molecule has 7 nitrogen and oxygen atoms in total. The number of likely N-dealkylation sites (tertiary alicyclic amines) is 1. The van der Waals surface area contributed by atoms with E-state index in [9.17, 15) is 19.6 Å². The second-order valence-corrected chi connectivity index (χ2v) is 12.6. The summed E-state index contributed by atoms with van der Waals surface area (Å²) in [4.78, 5) is 41.3. The van der Waals surface area contributed by atoms with Gasteiger partial charge in [-0.25, -0.2) is 23.3 Å². The average molecular weight is 643 g/mol. The van der Waals surface area contributed by atoms with Gasteiger partial charge >= 0.3 is 12.0 Å². The van der Waals surface area contributed by atoms with E-state index in [0.717, 1.165) is 11.0 Å². The van der Waals surface area contributed by atoms with Gasteiger partial charge in [-0.3, -0.25) is 4.79 Å². The summed E-state index contributed by atoms with van der Waals surface area (Å²) < 4.78 is 36.6. The number of anilines is 1. The summed E-state index contributed by atoms with van der Waals surface area (Å²) in [7, 11) is 0. The van der Waals surface area contributed by atoms with Gasteiger partial charge in [0.2, 0.25) is 6.41 Å². The zero-order valence-electron chi connectivity index (χ0n) is 24.6. The van der Waals surface area contributed by atoms with E-state index in [-0.39, 0.29) is 52.0 Å². The first-order chi connectivity index (χ1) is 20.8. The minimum Gasteiger partial charge on any atom is -0.462 e. The first-order valence-corrected chi connectivity index (χ1v) is 14.7. The lowest BCUT2D eigenvalue weighted by atomic mass is 9.64. The van der Waals surface area contributed by atoms with E-state index in [2.05, 4.69) is 6.07 Å². The summed E-state index contributed by atoms with van der Waals surface area (Å²) in [6.07, 6.45) is 0.466. The molecule has 0 saturated carbocycles. The van der Waals surface area contributed by atoms with Crippen LogP contribution in [-0.2, 0) is 14.9 Å². The van der Waals surface area contributed by atoms with E-state index < -0.39 is 46.4 Å². The van der Waals surface area contributed by atoms with Gasteiger partial charge in [0.05, 0.1) is 35.0 Å². The van der Waals surface area contributed by atoms with Crippen molar-refractivity contribution in [1.29, 1.82) is 5.26 Å². The Kier molecular flexibility index (Phi) is 9.67. The van der Waals surface area contributed by atoms with Gasteiger partial charge in [0.1, 0.15) is 17.0 Å². The topological polar surface area (TPSA) is 90.7 Å². The van der Waals surface area contributed by atoms with Crippen LogP contribution in [0.2, 0.25) is 10.0 Å². The number of benzene rings is 3. The van der Waals surface area contributed by atoms with Crippen molar-refractivity contribution in [3.8, 4) is 6.07 Å². The van der Waals surface area contributed by atoms with Crippen LogP contribution in [0, 0.1) is 28.4 Å². The number of carbonyl (C=O) groups is 3. The number of urea groups is 1. The molecule has 0 spiro atoms. The number of esters is 1. The number of carbonyl (C=O) groups excluding carboxylic acids is 3. The SMILES string of the molecule is CCOC(=O)c1cccc(N(C=O)C(=O)N2CC(c3cccc(Cl)c3F)C(C#N)(c3ccc(Cl)cc3F)C2CC(C)(C)C)c1. The van der Waals surface area contributed by atoms with Crippen LogP contribution < -0.4 is 4.90 Å². The van der Waals surface area contributed by atoms with Crippen LogP contribution in [0.25, 0.3) is 0 Å². The number of nitriles is 1. The maximum Gasteiger partial charge on any atom is 0.338 e. The Balaban J connectivity index is 1.96. The molecule has 1 fully saturated rings. The normalized spacial score (nSPS) is 19.8. The number of hydrogen-bond acceptors (Lipinski definition) is 5. The number of rotatable bonds is 7. The van der Waals surface area contributed by atoms with Crippen molar-refractivity contribution >= 4 is 47.3 Å². The Hall–Kier alpha value is -4.00. The molecule has 0 radical (unpaired) electrons. The maximum absolute atomic E-state index is 15.8. The van der Waals surface area contributed by atoms with Crippen LogP contribution in [0.3, 0.4) is 0 Å². The minimum atomic E-state index is -1.83. The van der Waals surface area contributed by atoms with Gasteiger partial charge in [0.15, 0.2) is 0 Å². The molecule has 1 aliphatic heterocycles. The summed E-state index contributed by atoms with van der Waals surface area (Å²) in [6, 6.07) is 14.4. The Bertz CT molecular complexity index is 1640. The van der Waals surface area contributed by atoms with Crippen molar-refractivity contribution in [1.82, 2.24) is 4.90 Å². The van der Waals surface area contributed by atoms with E-state index in [1.807, 2.05) is 20.8 Å². The average Bonchev–Trinajstić information content (AvgIpc) is 3.28. The molecular formula is C33H31Cl2F2N3O4. The van der Waals surface area contributed by atoms with Crippen LogP contribution in [0.4, 0.5) is 19.3 Å². The van der Waals surface area contributed by atoms with E-state index >= 15 is 8.78 Å². The van der Waals surface area contributed by atoms with Crippen molar-refractivity contribution in [3.63, 3.8) is 0 Å². The second-order valence-electron chi connectivity index (χ2n) is 11.8. The molecule has 3 unspecified atom stereocenters. The van der Waals surface area contributed by atoms with Crippen molar-refractivity contribution in [3.05, 3.63) is 99.0 Å². The van der Waals surface area contributed by atoms with Gasteiger partial charge in [-0.2, -0.15) is 5.26 Å². The zero-order chi connectivity index (χ0) is 32.4.